The Labute approximate surface area is 120 Å². The molecular formula is C14H16F2O5. The van der Waals surface area contributed by atoms with Crippen LogP contribution in [0.15, 0.2) is 12.1 Å². The van der Waals surface area contributed by atoms with Gasteiger partial charge < -0.3 is 14.2 Å². The number of benzene rings is 1. The number of hydrogen-bond acceptors (Lipinski definition) is 5. The molecule has 7 heteroatoms. The molecule has 116 valence electrons. The van der Waals surface area contributed by atoms with E-state index in [0.29, 0.717) is 6.92 Å². The van der Waals surface area contributed by atoms with E-state index < -0.39 is 23.2 Å². The highest BCUT2D eigenvalue weighted by Crippen LogP contribution is 2.41. The van der Waals surface area contributed by atoms with Gasteiger partial charge in [-0.25, -0.2) is 13.6 Å². The highest BCUT2D eigenvalue weighted by atomic mass is 19.3. The van der Waals surface area contributed by atoms with Crippen molar-refractivity contribution in [2.45, 2.75) is 19.8 Å². The smallest absolute Gasteiger partial charge is 0.379 e. The fourth-order valence-corrected chi connectivity index (χ4v) is 1.74. The number of rotatable bonds is 6. The standard InChI is InChI=1S/C14H16F2O5/c1-5-21-13(18)11(17)8-6-9(14(2,15)16)12(20-4)10(7-8)19-3/h6-7H,5H2,1-4H3. The molecule has 0 fully saturated rings. The van der Waals surface area contributed by atoms with Crippen LogP contribution in [-0.2, 0) is 15.5 Å². The fourth-order valence-electron chi connectivity index (χ4n) is 1.74. The predicted octanol–water partition coefficient (Wildman–Crippen LogP) is 2.56. The topological polar surface area (TPSA) is 61.8 Å². The number of carbonyl (C=O) groups is 2. The second-order valence-electron chi connectivity index (χ2n) is 4.20. The Morgan fingerprint density at radius 3 is 2.24 bits per heavy atom. The first-order valence-corrected chi connectivity index (χ1v) is 6.12. The molecule has 0 radical (unpaired) electrons. The quantitative estimate of drug-likeness (QED) is 0.459. The molecule has 0 heterocycles. The summed E-state index contributed by atoms with van der Waals surface area (Å²) in [5.74, 6) is -5.67. The molecule has 0 atom stereocenters. The van der Waals surface area contributed by atoms with Gasteiger partial charge in [-0.1, -0.05) is 0 Å². The van der Waals surface area contributed by atoms with Gasteiger partial charge >= 0.3 is 5.97 Å². The number of esters is 1. The lowest BCUT2D eigenvalue weighted by atomic mass is 10.0. The summed E-state index contributed by atoms with van der Waals surface area (Å²) < 4.78 is 41.7. The number of alkyl halides is 2. The second kappa shape index (κ2) is 6.51. The Morgan fingerprint density at radius 2 is 1.81 bits per heavy atom. The maximum absolute atomic E-state index is 13.6. The molecule has 0 aliphatic carbocycles. The summed E-state index contributed by atoms with van der Waals surface area (Å²) in [6, 6.07) is 2.06. The minimum Gasteiger partial charge on any atom is -0.493 e. The van der Waals surface area contributed by atoms with Gasteiger partial charge in [0.2, 0.25) is 0 Å². The van der Waals surface area contributed by atoms with Crippen LogP contribution in [0.1, 0.15) is 29.8 Å². The lowest BCUT2D eigenvalue weighted by molar-refractivity contribution is -0.137. The van der Waals surface area contributed by atoms with Crippen molar-refractivity contribution >= 4 is 11.8 Å². The van der Waals surface area contributed by atoms with Gasteiger partial charge in [-0.05, 0) is 19.1 Å². The highest BCUT2D eigenvalue weighted by Gasteiger charge is 2.33. The van der Waals surface area contributed by atoms with E-state index in [1.165, 1.54) is 21.1 Å². The van der Waals surface area contributed by atoms with Crippen LogP contribution in [0.25, 0.3) is 0 Å². The Morgan fingerprint density at radius 1 is 1.19 bits per heavy atom. The lowest BCUT2D eigenvalue weighted by Crippen LogP contribution is -2.19. The molecule has 0 amide bonds. The van der Waals surface area contributed by atoms with Crippen LogP contribution in [0.2, 0.25) is 0 Å². The van der Waals surface area contributed by atoms with Crippen LogP contribution in [0.5, 0.6) is 11.5 Å². The first kappa shape index (κ1) is 16.9. The van der Waals surface area contributed by atoms with Crippen molar-refractivity contribution in [2.75, 3.05) is 20.8 Å². The van der Waals surface area contributed by atoms with Gasteiger partial charge in [0, 0.05) is 12.5 Å². The van der Waals surface area contributed by atoms with Crippen molar-refractivity contribution in [2.24, 2.45) is 0 Å². The summed E-state index contributed by atoms with van der Waals surface area (Å²) in [6.45, 7) is 2.20. The minimum atomic E-state index is -3.27. The van der Waals surface area contributed by atoms with E-state index in [9.17, 15) is 18.4 Å². The molecule has 1 aromatic carbocycles. The van der Waals surface area contributed by atoms with Crippen LogP contribution in [0, 0.1) is 0 Å². The van der Waals surface area contributed by atoms with Gasteiger partial charge in [0.15, 0.2) is 11.5 Å². The number of ether oxygens (including phenoxy) is 3. The molecule has 0 saturated carbocycles. The molecule has 0 spiro atoms. The normalized spacial score (nSPS) is 11.0. The third-order valence-corrected chi connectivity index (χ3v) is 2.67. The Balaban J connectivity index is 3.43. The van der Waals surface area contributed by atoms with Crippen LogP contribution in [-0.4, -0.2) is 32.6 Å². The molecular weight excluding hydrogens is 286 g/mol. The van der Waals surface area contributed by atoms with Gasteiger partial charge in [0.1, 0.15) is 0 Å². The van der Waals surface area contributed by atoms with E-state index in [4.69, 9.17) is 9.47 Å². The molecule has 0 aromatic heterocycles. The van der Waals surface area contributed by atoms with Gasteiger partial charge in [0.25, 0.3) is 11.7 Å². The summed E-state index contributed by atoms with van der Waals surface area (Å²) in [7, 11) is 2.45. The number of methoxy groups -OCH3 is 2. The molecule has 1 rings (SSSR count). The number of Topliss-reactive ketones (excluding diaryl/α,β-unsaturated/α-hetero) is 1. The average Bonchev–Trinajstić information content (AvgIpc) is 2.44. The van der Waals surface area contributed by atoms with Crippen molar-refractivity contribution < 1.29 is 32.6 Å². The fraction of sp³-hybridized carbons (Fsp3) is 0.429. The molecule has 0 aliphatic heterocycles. The molecule has 0 saturated heterocycles. The van der Waals surface area contributed by atoms with Crippen molar-refractivity contribution in [3.63, 3.8) is 0 Å². The lowest BCUT2D eigenvalue weighted by Gasteiger charge is -2.18. The zero-order valence-electron chi connectivity index (χ0n) is 12.2. The van der Waals surface area contributed by atoms with Gasteiger partial charge in [-0.15, -0.1) is 0 Å². The van der Waals surface area contributed by atoms with Crippen molar-refractivity contribution in [1.82, 2.24) is 0 Å². The first-order valence-electron chi connectivity index (χ1n) is 6.12. The van der Waals surface area contributed by atoms with E-state index in [1.54, 1.807) is 0 Å². The zero-order chi connectivity index (χ0) is 16.2. The molecule has 21 heavy (non-hydrogen) atoms. The van der Waals surface area contributed by atoms with Crippen LogP contribution in [0.4, 0.5) is 8.78 Å². The van der Waals surface area contributed by atoms with Crippen LogP contribution in [0.3, 0.4) is 0 Å². The SMILES string of the molecule is CCOC(=O)C(=O)c1cc(OC)c(OC)c(C(C)(F)F)c1. The Kier molecular flexibility index (Phi) is 5.23. The maximum atomic E-state index is 13.6. The molecule has 0 N–H and O–H groups in total. The Bertz CT molecular complexity index is 549. The van der Waals surface area contributed by atoms with Gasteiger partial charge in [-0.3, -0.25) is 4.79 Å². The molecule has 1 aromatic rings. The monoisotopic (exact) mass is 302 g/mol. The number of ketones is 1. The molecule has 0 bridgehead atoms. The van der Waals surface area contributed by atoms with E-state index >= 15 is 0 Å². The summed E-state index contributed by atoms with van der Waals surface area (Å²) >= 11 is 0. The average molecular weight is 302 g/mol. The number of carbonyl (C=O) groups excluding carboxylic acids is 2. The van der Waals surface area contributed by atoms with Gasteiger partial charge in [0.05, 0.1) is 26.4 Å². The first-order chi connectivity index (χ1) is 9.76. The van der Waals surface area contributed by atoms with E-state index in [-0.39, 0.29) is 23.7 Å². The van der Waals surface area contributed by atoms with E-state index in [2.05, 4.69) is 4.74 Å². The second-order valence-corrected chi connectivity index (χ2v) is 4.20. The summed E-state index contributed by atoms with van der Waals surface area (Å²) in [6.07, 6.45) is 0. The summed E-state index contributed by atoms with van der Waals surface area (Å²) in [4.78, 5) is 23.3. The largest absolute Gasteiger partial charge is 0.493 e. The zero-order valence-corrected chi connectivity index (χ0v) is 12.2. The van der Waals surface area contributed by atoms with Crippen molar-refractivity contribution in [1.29, 1.82) is 0 Å². The molecule has 5 nitrogen and oxygen atoms in total. The molecule has 0 unspecified atom stereocenters. The highest BCUT2D eigenvalue weighted by molar-refractivity contribution is 6.40. The molecule has 0 aliphatic rings. The Hall–Kier alpha value is -2.18. The third-order valence-electron chi connectivity index (χ3n) is 2.67. The van der Waals surface area contributed by atoms with E-state index in [1.807, 2.05) is 0 Å². The van der Waals surface area contributed by atoms with Crippen molar-refractivity contribution in [3.8, 4) is 11.5 Å². The van der Waals surface area contributed by atoms with Crippen molar-refractivity contribution in [3.05, 3.63) is 23.3 Å². The predicted molar refractivity (Wildman–Crippen MR) is 70.1 cm³/mol. The third kappa shape index (κ3) is 3.68. The minimum absolute atomic E-state index is 0.00859. The summed E-state index contributed by atoms with van der Waals surface area (Å²) in [5, 5.41) is 0. The van der Waals surface area contributed by atoms with E-state index in [0.717, 1.165) is 12.1 Å². The van der Waals surface area contributed by atoms with Crippen LogP contribution < -0.4 is 9.47 Å². The van der Waals surface area contributed by atoms with Crippen LogP contribution >= 0.6 is 0 Å². The van der Waals surface area contributed by atoms with Gasteiger partial charge in [-0.2, -0.15) is 0 Å². The number of hydrogen-bond donors (Lipinski definition) is 0. The maximum Gasteiger partial charge on any atom is 0.379 e. The number of halogens is 2. The summed E-state index contributed by atoms with van der Waals surface area (Å²) in [5.41, 5.74) is -0.792.